The van der Waals surface area contributed by atoms with Crippen LogP contribution in [-0.4, -0.2) is 47.1 Å². The molecule has 1 aromatic heterocycles. The van der Waals surface area contributed by atoms with Crippen molar-refractivity contribution < 1.29 is 9.53 Å². The van der Waals surface area contributed by atoms with Gasteiger partial charge in [0.1, 0.15) is 6.33 Å². The van der Waals surface area contributed by atoms with Gasteiger partial charge in [-0.25, -0.2) is 9.97 Å². The van der Waals surface area contributed by atoms with Crippen molar-refractivity contribution in [2.75, 3.05) is 26.3 Å². The lowest BCUT2D eigenvalue weighted by atomic mass is 10.2. The van der Waals surface area contributed by atoms with E-state index in [2.05, 4.69) is 9.97 Å². The van der Waals surface area contributed by atoms with Crippen molar-refractivity contribution >= 4 is 5.91 Å². The van der Waals surface area contributed by atoms with E-state index in [0.29, 0.717) is 32.7 Å². The number of hydrogen-bond acceptors (Lipinski definition) is 4. The average molecular weight is 207 g/mol. The first-order valence-corrected chi connectivity index (χ1v) is 4.95. The molecule has 15 heavy (non-hydrogen) atoms. The summed E-state index contributed by atoms with van der Waals surface area (Å²) >= 11 is 0. The molecule has 80 valence electrons. The number of amides is 1. The number of aromatic nitrogens is 2. The third kappa shape index (κ3) is 2.73. The molecular formula is C10H13N3O2. The van der Waals surface area contributed by atoms with Crippen molar-refractivity contribution in [3.8, 4) is 0 Å². The zero-order chi connectivity index (χ0) is 10.5. The van der Waals surface area contributed by atoms with E-state index in [1.807, 2.05) is 4.90 Å². The molecular weight excluding hydrogens is 194 g/mol. The van der Waals surface area contributed by atoms with Crippen molar-refractivity contribution in [2.45, 2.75) is 6.42 Å². The van der Waals surface area contributed by atoms with Crippen molar-refractivity contribution in [3.63, 3.8) is 0 Å². The first-order chi connectivity index (χ1) is 7.36. The molecule has 0 saturated carbocycles. The number of hydrogen-bond donors (Lipinski definition) is 0. The van der Waals surface area contributed by atoms with Crippen LogP contribution in [0.2, 0.25) is 0 Å². The fraction of sp³-hybridized carbons (Fsp3) is 0.500. The zero-order valence-corrected chi connectivity index (χ0v) is 8.43. The van der Waals surface area contributed by atoms with Gasteiger partial charge in [0.25, 0.3) is 0 Å². The van der Waals surface area contributed by atoms with E-state index in [1.54, 1.807) is 12.4 Å². The number of ether oxygens (including phenoxy) is 1. The Hall–Kier alpha value is -1.49. The molecule has 2 rings (SSSR count). The Bertz CT molecular complexity index is 323. The van der Waals surface area contributed by atoms with Crippen LogP contribution in [0.4, 0.5) is 0 Å². The Morgan fingerprint density at radius 2 is 2.00 bits per heavy atom. The lowest BCUT2D eigenvalue weighted by molar-refractivity contribution is -0.134. The molecule has 1 aromatic rings. The summed E-state index contributed by atoms with van der Waals surface area (Å²) in [6.45, 7) is 2.65. The molecule has 5 nitrogen and oxygen atoms in total. The van der Waals surface area contributed by atoms with Gasteiger partial charge < -0.3 is 9.64 Å². The molecule has 0 N–H and O–H groups in total. The number of rotatable bonds is 2. The van der Waals surface area contributed by atoms with Crippen LogP contribution in [0.1, 0.15) is 5.56 Å². The molecule has 0 unspecified atom stereocenters. The third-order valence-corrected chi connectivity index (χ3v) is 2.33. The summed E-state index contributed by atoms with van der Waals surface area (Å²) in [5.74, 6) is 0.119. The van der Waals surface area contributed by atoms with Crippen molar-refractivity contribution in [1.82, 2.24) is 14.9 Å². The second kappa shape index (κ2) is 4.84. The van der Waals surface area contributed by atoms with Gasteiger partial charge in [0.15, 0.2) is 0 Å². The van der Waals surface area contributed by atoms with Crippen molar-refractivity contribution in [3.05, 3.63) is 24.3 Å². The van der Waals surface area contributed by atoms with Gasteiger partial charge in [-0.3, -0.25) is 4.79 Å². The maximum absolute atomic E-state index is 11.8. The minimum absolute atomic E-state index is 0.119. The van der Waals surface area contributed by atoms with Crippen LogP contribution in [-0.2, 0) is 16.0 Å². The zero-order valence-electron chi connectivity index (χ0n) is 8.43. The number of nitrogens with zero attached hydrogens (tertiary/aromatic N) is 3. The van der Waals surface area contributed by atoms with E-state index in [1.165, 1.54) is 6.33 Å². The molecule has 0 bridgehead atoms. The van der Waals surface area contributed by atoms with Crippen LogP contribution in [0.5, 0.6) is 0 Å². The summed E-state index contributed by atoms with van der Waals surface area (Å²) in [4.78, 5) is 21.4. The lowest BCUT2D eigenvalue weighted by Crippen LogP contribution is -2.41. The molecule has 0 aromatic carbocycles. The Kier molecular flexibility index (Phi) is 3.24. The summed E-state index contributed by atoms with van der Waals surface area (Å²) in [6.07, 6.45) is 5.18. The lowest BCUT2D eigenvalue weighted by Gasteiger charge is -2.26. The van der Waals surface area contributed by atoms with Crippen LogP contribution in [0, 0.1) is 0 Å². The standard InChI is InChI=1S/C10H13N3O2/c14-10(13-1-3-15-4-2-13)5-9-6-11-8-12-7-9/h6-8H,1-5H2. The first kappa shape index (κ1) is 10.0. The molecule has 0 aliphatic carbocycles. The highest BCUT2D eigenvalue weighted by Gasteiger charge is 2.16. The second-order valence-corrected chi connectivity index (χ2v) is 3.42. The van der Waals surface area contributed by atoms with Gasteiger partial charge in [-0.1, -0.05) is 0 Å². The topological polar surface area (TPSA) is 55.3 Å². The SMILES string of the molecule is O=C(Cc1cncnc1)N1CCOCC1. The summed E-state index contributed by atoms with van der Waals surface area (Å²) in [5.41, 5.74) is 0.856. The van der Waals surface area contributed by atoms with Gasteiger partial charge >= 0.3 is 0 Å². The van der Waals surface area contributed by atoms with Crippen LogP contribution in [0.15, 0.2) is 18.7 Å². The second-order valence-electron chi connectivity index (χ2n) is 3.42. The monoisotopic (exact) mass is 207 g/mol. The third-order valence-electron chi connectivity index (χ3n) is 2.33. The Morgan fingerprint density at radius 1 is 1.33 bits per heavy atom. The van der Waals surface area contributed by atoms with Crippen LogP contribution in [0.25, 0.3) is 0 Å². The maximum Gasteiger partial charge on any atom is 0.227 e. The minimum Gasteiger partial charge on any atom is -0.378 e. The van der Waals surface area contributed by atoms with Gasteiger partial charge in [0.2, 0.25) is 5.91 Å². The van der Waals surface area contributed by atoms with E-state index >= 15 is 0 Å². The smallest absolute Gasteiger partial charge is 0.227 e. The Balaban J connectivity index is 1.91. The van der Waals surface area contributed by atoms with Crippen LogP contribution < -0.4 is 0 Å². The molecule has 1 aliphatic rings. The maximum atomic E-state index is 11.8. The normalized spacial score (nSPS) is 16.4. The molecule has 1 amide bonds. The van der Waals surface area contributed by atoms with Crippen LogP contribution in [0.3, 0.4) is 0 Å². The largest absolute Gasteiger partial charge is 0.378 e. The molecule has 1 saturated heterocycles. The highest BCUT2D eigenvalue weighted by molar-refractivity contribution is 5.78. The van der Waals surface area contributed by atoms with E-state index in [0.717, 1.165) is 5.56 Å². The van der Waals surface area contributed by atoms with Gasteiger partial charge in [-0.05, 0) is 5.56 Å². The predicted octanol–water partition coefficient (Wildman–Crippen LogP) is -0.122. The van der Waals surface area contributed by atoms with Gasteiger partial charge in [-0.2, -0.15) is 0 Å². The molecule has 1 fully saturated rings. The van der Waals surface area contributed by atoms with Crippen molar-refractivity contribution in [2.24, 2.45) is 0 Å². The molecule has 5 heteroatoms. The highest BCUT2D eigenvalue weighted by Crippen LogP contribution is 2.02. The highest BCUT2D eigenvalue weighted by atomic mass is 16.5. The number of morpholine rings is 1. The summed E-state index contributed by atoms with van der Waals surface area (Å²) < 4.78 is 5.18. The molecule has 0 atom stereocenters. The van der Waals surface area contributed by atoms with Gasteiger partial charge in [-0.15, -0.1) is 0 Å². The molecule has 0 radical (unpaired) electrons. The van der Waals surface area contributed by atoms with Gasteiger partial charge in [0.05, 0.1) is 19.6 Å². The molecule has 0 spiro atoms. The number of carbonyl (C=O) groups is 1. The summed E-state index contributed by atoms with van der Waals surface area (Å²) in [6, 6.07) is 0. The summed E-state index contributed by atoms with van der Waals surface area (Å²) in [5, 5.41) is 0. The fourth-order valence-electron chi connectivity index (χ4n) is 1.52. The molecule has 2 heterocycles. The Labute approximate surface area is 88.1 Å². The summed E-state index contributed by atoms with van der Waals surface area (Å²) in [7, 11) is 0. The van der Waals surface area contributed by atoms with Gasteiger partial charge in [0, 0.05) is 25.5 Å². The fourth-order valence-corrected chi connectivity index (χ4v) is 1.52. The van der Waals surface area contributed by atoms with E-state index < -0.39 is 0 Å². The van der Waals surface area contributed by atoms with E-state index in [9.17, 15) is 4.79 Å². The quantitative estimate of drug-likeness (QED) is 0.678. The van der Waals surface area contributed by atoms with Crippen LogP contribution >= 0.6 is 0 Å². The first-order valence-electron chi connectivity index (χ1n) is 4.95. The van der Waals surface area contributed by atoms with Crippen molar-refractivity contribution in [1.29, 1.82) is 0 Å². The molecule has 1 aliphatic heterocycles. The number of carbonyl (C=O) groups excluding carboxylic acids is 1. The minimum atomic E-state index is 0.119. The predicted molar refractivity (Wildman–Crippen MR) is 53.1 cm³/mol. The average Bonchev–Trinajstić information content (AvgIpc) is 2.31. The Morgan fingerprint density at radius 3 is 2.67 bits per heavy atom. The van der Waals surface area contributed by atoms with E-state index in [4.69, 9.17) is 4.74 Å². The van der Waals surface area contributed by atoms with E-state index in [-0.39, 0.29) is 5.91 Å².